The number of piperidine rings is 1. The summed E-state index contributed by atoms with van der Waals surface area (Å²) < 4.78 is 13.8. The van der Waals surface area contributed by atoms with E-state index < -0.39 is 34.0 Å². The fourth-order valence-electron chi connectivity index (χ4n) is 3.30. The lowest BCUT2D eigenvalue weighted by Crippen LogP contribution is -2.30. The van der Waals surface area contributed by atoms with Crippen LogP contribution in [0.2, 0.25) is 0 Å². The maximum Gasteiger partial charge on any atom is 0.366 e. The van der Waals surface area contributed by atoms with E-state index in [2.05, 4.69) is 4.99 Å². The first-order chi connectivity index (χ1) is 14.3. The number of amidine groups is 1. The van der Waals surface area contributed by atoms with Gasteiger partial charge in [-0.1, -0.05) is 6.07 Å². The van der Waals surface area contributed by atoms with E-state index in [1.54, 1.807) is 6.07 Å². The number of nitro groups is 1. The van der Waals surface area contributed by atoms with Crippen molar-refractivity contribution in [1.82, 2.24) is 0 Å². The van der Waals surface area contributed by atoms with Gasteiger partial charge in [0, 0.05) is 24.7 Å². The van der Waals surface area contributed by atoms with Gasteiger partial charge < -0.3 is 15.1 Å². The summed E-state index contributed by atoms with van der Waals surface area (Å²) in [6, 6.07) is 7.44. The highest BCUT2D eigenvalue weighted by Crippen LogP contribution is 2.31. The monoisotopic (exact) mass is 415 g/mol. The standard InChI is InChI=1S/C20H19FN4O5/c21-15-10-12(4-6-14(15)20(27)28)18(22)23-19(26)13-5-7-16(17(11-13)25(29)30)24-8-2-1-3-9-24/h4-7,10-11H,1-3,8-9H2,(H,27,28)(H2,22,23,26)/p+1. The number of rotatable bonds is 5. The van der Waals surface area contributed by atoms with E-state index in [1.165, 1.54) is 18.2 Å². The van der Waals surface area contributed by atoms with Crippen LogP contribution in [-0.2, 0) is 0 Å². The smallest absolute Gasteiger partial charge is 0.366 e. The molecule has 0 spiro atoms. The Morgan fingerprint density at radius 2 is 1.83 bits per heavy atom. The number of nitro benzene ring substituents is 1. The molecule has 1 saturated heterocycles. The van der Waals surface area contributed by atoms with E-state index in [4.69, 9.17) is 15.6 Å². The summed E-state index contributed by atoms with van der Waals surface area (Å²) >= 11 is 0. The van der Waals surface area contributed by atoms with Crippen molar-refractivity contribution in [3.63, 3.8) is 0 Å². The fourth-order valence-corrected chi connectivity index (χ4v) is 3.30. The van der Waals surface area contributed by atoms with Gasteiger partial charge in [-0.25, -0.2) is 9.18 Å². The molecule has 1 aliphatic heterocycles. The van der Waals surface area contributed by atoms with Gasteiger partial charge in [-0.3, -0.25) is 15.5 Å². The van der Waals surface area contributed by atoms with Crippen LogP contribution in [0.5, 0.6) is 0 Å². The number of anilines is 1. The molecule has 2 aromatic rings. The van der Waals surface area contributed by atoms with Gasteiger partial charge in [-0.2, -0.15) is 0 Å². The Kier molecular flexibility index (Phi) is 6.05. The highest BCUT2D eigenvalue weighted by atomic mass is 19.1. The molecule has 0 atom stereocenters. The maximum atomic E-state index is 13.8. The van der Waals surface area contributed by atoms with Gasteiger partial charge >= 0.3 is 11.9 Å². The van der Waals surface area contributed by atoms with Crippen molar-refractivity contribution in [2.75, 3.05) is 18.0 Å². The van der Waals surface area contributed by atoms with Crippen LogP contribution in [0, 0.1) is 21.3 Å². The molecule has 0 radical (unpaired) electrons. The summed E-state index contributed by atoms with van der Waals surface area (Å²) in [4.78, 5) is 27.7. The normalized spacial score (nSPS) is 14.4. The second-order valence-corrected chi connectivity index (χ2v) is 6.82. The number of nitrogens with one attached hydrogen (secondary N) is 1. The Labute approximate surface area is 170 Å². The molecule has 0 bridgehead atoms. The van der Waals surface area contributed by atoms with Gasteiger partial charge in [-0.15, -0.1) is 4.99 Å². The number of hydrogen-bond donors (Lipinski definition) is 2. The van der Waals surface area contributed by atoms with Crippen LogP contribution in [0.25, 0.3) is 0 Å². The zero-order valence-electron chi connectivity index (χ0n) is 15.9. The Balaban J connectivity index is 1.89. The highest BCUT2D eigenvalue weighted by molar-refractivity contribution is 6.08. The number of carboxylic acids is 1. The van der Waals surface area contributed by atoms with Gasteiger partial charge in [0.15, 0.2) is 5.84 Å². The van der Waals surface area contributed by atoms with Gasteiger partial charge in [0.2, 0.25) is 0 Å². The van der Waals surface area contributed by atoms with Gasteiger partial charge in [0.25, 0.3) is 5.69 Å². The first-order valence-electron chi connectivity index (χ1n) is 9.23. The first-order valence-corrected chi connectivity index (χ1v) is 9.23. The fraction of sp³-hybridized carbons (Fsp3) is 0.250. The molecule has 10 heteroatoms. The van der Waals surface area contributed by atoms with Gasteiger partial charge in [0.05, 0.1) is 16.1 Å². The van der Waals surface area contributed by atoms with E-state index in [1.807, 2.05) is 4.90 Å². The third-order valence-electron chi connectivity index (χ3n) is 4.84. The summed E-state index contributed by atoms with van der Waals surface area (Å²) in [6.07, 6.45) is 3.00. The molecule has 0 aromatic heterocycles. The van der Waals surface area contributed by atoms with Crippen LogP contribution in [0.15, 0.2) is 41.4 Å². The quantitative estimate of drug-likeness (QED) is 0.254. The lowest BCUT2D eigenvalue weighted by atomic mass is 10.1. The van der Waals surface area contributed by atoms with E-state index in [0.717, 1.165) is 44.5 Å². The number of halogens is 1. The summed E-state index contributed by atoms with van der Waals surface area (Å²) in [5.41, 5.74) is -0.0579. The average molecular weight is 415 g/mol. The third kappa shape index (κ3) is 4.43. The lowest BCUT2D eigenvalue weighted by molar-refractivity contribution is -0.384. The summed E-state index contributed by atoms with van der Waals surface area (Å²) in [5.74, 6) is -3.31. The molecule has 0 saturated carbocycles. The molecular weight excluding hydrogens is 395 g/mol. The molecule has 1 fully saturated rings. The van der Waals surface area contributed by atoms with Crippen molar-refractivity contribution in [2.24, 2.45) is 4.99 Å². The number of aliphatic imine (C=N–C) groups is 1. The molecule has 0 aliphatic carbocycles. The van der Waals surface area contributed by atoms with Crippen molar-refractivity contribution >= 4 is 29.1 Å². The number of aromatic carboxylic acids is 1. The van der Waals surface area contributed by atoms with Gasteiger partial charge in [0.1, 0.15) is 11.5 Å². The second kappa shape index (κ2) is 8.68. The van der Waals surface area contributed by atoms with Crippen molar-refractivity contribution < 1.29 is 24.3 Å². The molecule has 0 unspecified atom stereocenters. The Hall–Kier alpha value is -3.82. The minimum Gasteiger partial charge on any atom is -0.578 e. The van der Waals surface area contributed by atoms with Gasteiger partial charge in [-0.05, 0) is 43.5 Å². The zero-order chi connectivity index (χ0) is 21.8. The SMILES string of the molecule is N=C(N=C([OH2+])c1ccc(N2CCCCC2)c([N+](=O)[O-])c1)c1ccc(C(=O)O)c(F)c1. The second-order valence-electron chi connectivity index (χ2n) is 6.82. The Morgan fingerprint density at radius 1 is 1.17 bits per heavy atom. The van der Waals surface area contributed by atoms with E-state index in [9.17, 15) is 19.3 Å². The average Bonchev–Trinajstić information content (AvgIpc) is 2.73. The van der Waals surface area contributed by atoms with E-state index in [-0.39, 0.29) is 16.8 Å². The molecule has 3 rings (SSSR count). The summed E-state index contributed by atoms with van der Waals surface area (Å²) in [5, 5.41) is 36.5. The molecule has 2 aromatic carbocycles. The number of carbonyl (C=O) groups is 1. The summed E-state index contributed by atoms with van der Waals surface area (Å²) in [6.45, 7) is 1.45. The molecule has 156 valence electrons. The van der Waals surface area contributed by atoms with Crippen LogP contribution >= 0.6 is 0 Å². The predicted octanol–water partition coefficient (Wildman–Crippen LogP) is 2.92. The van der Waals surface area contributed by atoms with Crippen LogP contribution in [-0.4, -0.2) is 45.9 Å². The largest absolute Gasteiger partial charge is 0.578 e. The molecule has 0 amide bonds. The van der Waals surface area contributed by atoms with Crippen molar-refractivity contribution in [3.05, 3.63) is 69.0 Å². The number of carboxylic acid groups (broad SMARTS) is 1. The van der Waals surface area contributed by atoms with Crippen LogP contribution in [0.3, 0.4) is 0 Å². The highest BCUT2D eigenvalue weighted by Gasteiger charge is 2.24. The Bertz CT molecular complexity index is 1050. The van der Waals surface area contributed by atoms with E-state index in [0.29, 0.717) is 5.69 Å². The Morgan fingerprint density at radius 3 is 2.43 bits per heavy atom. The topological polar surface area (TPSA) is 143 Å². The molecule has 4 N–H and O–H groups in total. The molecule has 9 nitrogen and oxygen atoms in total. The van der Waals surface area contributed by atoms with Crippen molar-refractivity contribution in [1.29, 1.82) is 5.41 Å². The van der Waals surface area contributed by atoms with Crippen LogP contribution in [0.1, 0.15) is 40.7 Å². The van der Waals surface area contributed by atoms with E-state index >= 15 is 0 Å². The van der Waals surface area contributed by atoms with Crippen LogP contribution < -0.4 is 4.90 Å². The minimum atomic E-state index is -1.43. The third-order valence-corrected chi connectivity index (χ3v) is 4.84. The molecular formula is C20H20FN4O5+. The maximum absolute atomic E-state index is 13.8. The zero-order valence-corrected chi connectivity index (χ0v) is 15.9. The molecule has 30 heavy (non-hydrogen) atoms. The number of nitrogens with zero attached hydrogens (tertiary/aromatic N) is 3. The molecule has 1 heterocycles. The van der Waals surface area contributed by atoms with Crippen molar-refractivity contribution in [3.8, 4) is 0 Å². The minimum absolute atomic E-state index is 0.0123. The predicted molar refractivity (Wildman–Crippen MR) is 109 cm³/mol. The van der Waals surface area contributed by atoms with Crippen LogP contribution in [0.4, 0.5) is 15.8 Å². The van der Waals surface area contributed by atoms with Crippen molar-refractivity contribution in [2.45, 2.75) is 19.3 Å². The molecule has 1 aliphatic rings. The summed E-state index contributed by atoms with van der Waals surface area (Å²) in [7, 11) is 0. The first kappa shape index (κ1) is 20.9. The number of hydrogen-bond acceptors (Lipinski definition) is 5. The lowest BCUT2D eigenvalue weighted by Gasteiger charge is -2.28. The number of benzene rings is 2.